The highest BCUT2D eigenvalue weighted by Crippen LogP contribution is 2.34. The lowest BCUT2D eigenvalue weighted by Crippen LogP contribution is -2.20. The number of pyridine rings is 1. The van der Waals surface area contributed by atoms with Crippen LogP contribution in [0.25, 0.3) is 10.9 Å². The quantitative estimate of drug-likeness (QED) is 0.623. The summed E-state index contributed by atoms with van der Waals surface area (Å²) in [5, 5.41) is 3.66. The van der Waals surface area contributed by atoms with Crippen molar-refractivity contribution in [2.24, 2.45) is 5.73 Å². The summed E-state index contributed by atoms with van der Waals surface area (Å²) in [4.78, 5) is 16.6. The number of hydrogen-bond acceptors (Lipinski definition) is 3. The first-order valence-electron chi connectivity index (χ1n) is 6.79. The number of urea groups is 1. The molecule has 0 atom stereocenters. The van der Waals surface area contributed by atoms with Crippen molar-refractivity contribution in [2.75, 3.05) is 11.1 Å². The van der Waals surface area contributed by atoms with Crippen molar-refractivity contribution >= 4 is 34.4 Å². The molecule has 3 N–H and O–H groups in total. The van der Waals surface area contributed by atoms with Crippen molar-refractivity contribution < 1.29 is 4.79 Å². The van der Waals surface area contributed by atoms with Gasteiger partial charge in [-0.15, -0.1) is 11.8 Å². The number of anilines is 1. The third kappa shape index (κ3) is 3.63. The number of nitrogens with zero attached hydrogens (tertiary/aromatic N) is 1. The lowest BCUT2D eigenvalue weighted by atomic mass is 10.2. The van der Waals surface area contributed by atoms with Crippen LogP contribution in [0, 0.1) is 0 Å². The highest BCUT2D eigenvalue weighted by atomic mass is 32.2. The van der Waals surface area contributed by atoms with Gasteiger partial charge in [0, 0.05) is 16.5 Å². The summed E-state index contributed by atoms with van der Waals surface area (Å²) in [6.07, 6.45) is 5.34. The Morgan fingerprint density at radius 3 is 2.95 bits per heavy atom. The van der Waals surface area contributed by atoms with Crippen molar-refractivity contribution in [1.82, 2.24) is 4.98 Å². The maximum Gasteiger partial charge on any atom is 0.316 e. The number of unbranched alkanes of at least 4 members (excludes halogenated alkanes) is 2. The molecule has 0 unspecified atom stereocenters. The predicted molar refractivity (Wildman–Crippen MR) is 85.2 cm³/mol. The zero-order valence-electron chi connectivity index (χ0n) is 11.6. The molecule has 0 saturated carbocycles. The second-order valence-electron chi connectivity index (χ2n) is 4.55. The fourth-order valence-corrected chi connectivity index (χ4v) is 3.08. The fourth-order valence-electron chi connectivity index (χ4n) is 2.04. The fraction of sp³-hybridized carbons (Fsp3) is 0.333. The summed E-state index contributed by atoms with van der Waals surface area (Å²) in [5.41, 5.74) is 6.90. The van der Waals surface area contributed by atoms with E-state index in [0.717, 1.165) is 27.2 Å². The minimum Gasteiger partial charge on any atom is -0.351 e. The van der Waals surface area contributed by atoms with Gasteiger partial charge in [-0.25, -0.2) is 4.79 Å². The lowest BCUT2D eigenvalue weighted by Gasteiger charge is -2.12. The number of carbonyl (C=O) groups is 1. The van der Waals surface area contributed by atoms with E-state index in [2.05, 4.69) is 17.2 Å². The molecule has 4 nitrogen and oxygen atoms in total. The van der Waals surface area contributed by atoms with Gasteiger partial charge in [-0.3, -0.25) is 4.98 Å². The average Bonchev–Trinajstić information content (AvgIpc) is 2.45. The Morgan fingerprint density at radius 1 is 1.35 bits per heavy atom. The Kier molecular flexibility index (Phi) is 5.24. The molecule has 2 rings (SSSR count). The van der Waals surface area contributed by atoms with Crippen molar-refractivity contribution in [1.29, 1.82) is 0 Å². The molecule has 106 valence electrons. The maximum atomic E-state index is 11.2. The van der Waals surface area contributed by atoms with Crippen molar-refractivity contribution in [2.45, 2.75) is 31.1 Å². The van der Waals surface area contributed by atoms with Crippen LogP contribution >= 0.6 is 11.8 Å². The molecule has 5 heteroatoms. The third-order valence-corrected chi connectivity index (χ3v) is 4.14. The lowest BCUT2D eigenvalue weighted by molar-refractivity contribution is 0.259. The second-order valence-corrected chi connectivity index (χ2v) is 5.69. The van der Waals surface area contributed by atoms with Crippen molar-refractivity contribution in [3.8, 4) is 0 Å². The number of thioether (sulfide) groups is 1. The monoisotopic (exact) mass is 289 g/mol. The van der Waals surface area contributed by atoms with Gasteiger partial charge in [0.05, 0.1) is 11.2 Å². The van der Waals surface area contributed by atoms with E-state index >= 15 is 0 Å². The van der Waals surface area contributed by atoms with Crippen LogP contribution in [0.3, 0.4) is 0 Å². The molecule has 20 heavy (non-hydrogen) atoms. The first kappa shape index (κ1) is 14.7. The summed E-state index contributed by atoms with van der Waals surface area (Å²) >= 11 is 1.75. The number of hydrogen-bond donors (Lipinski definition) is 2. The summed E-state index contributed by atoms with van der Waals surface area (Å²) < 4.78 is 0. The minimum atomic E-state index is -0.545. The molecular weight excluding hydrogens is 270 g/mol. The SMILES string of the molecule is CCCCCSc1ccc2ncccc2c1NC(N)=O. The van der Waals surface area contributed by atoms with Gasteiger partial charge < -0.3 is 11.1 Å². The number of aromatic nitrogens is 1. The molecule has 2 aromatic rings. The number of fused-ring (bicyclic) bond motifs is 1. The molecular formula is C15H19N3OS. The van der Waals surface area contributed by atoms with Crippen LogP contribution in [-0.4, -0.2) is 16.8 Å². The van der Waals surface area contributed by atoms with E-state index in [-0.39, 0.29) is 0 Å². The van der Waals surface area contributed by atoms with Gasteiger partial charge in [-0.05, 0) is 36.4 Å². The molecule has 0 spiro atoms. The van der Waals surface area contributed by atoms with Crippen molar-refractivity contribution in [3.63, 3.8) is 0 Å². The summed E-state index contributed by atoms with van der Waals surface area (Å²) in [5.74, 6) is 1.03. The average molecular weight is 289 g/mol. The van der Waals surface area contributed by atoms with Crippen LogP contribution in [0.2, 0.25) is 0 Å². The highest BCUT2D eigenvalue weighted by Gasteiger charge is 2.10. The smallest absolute Gasteiger partial charge is 0.316 e. The number of rotatable bonds is 6. The predicted octanol–water partition coefficient (Wildman–Crippen LogP) is 4.01. The van der Waals surface area contributed by atoms with Crippen LogP contribution in [0.4, 0.5) is 10.5 Å². The molecule has 2 amide bonds. The van der Waals surface area contributed by atoms with Gasteiger partial charge in [-0.2, -0.15) is 0 Å². The molecule has 1 heterocycles. The Labute approximate surface area is 123 Å². The zero-order valence-corrected chi connectivity index (χ0v) is 12.4. The number of nitrogens with two attached hydrogens (primary N) is 1. The van der Waals surface area contributed by atoms with E-state index in [1.165, 1.54) is 19.3 Å². The highest BCUT2D eigenvalue weighted by molar-refractivity contribution is 7.99. The number of benzene rings is 1. The summed E-state index contributed by atoms with van der Waals surface area (Å²) in [6.45, 7) is 2.19. The van der Waals surface area contributed by atoms with Gasteiger partial charge >= 0.3 is 6.03 Å². The van der Waals surface area contributed by atoms with Crippen LogP contribution in [-0.2, 0) is 0 Å². The Hall–Kier alpha value is -1.75. The number of nitrogens with one attached hydrogen (secondary N) is 1. The molecule has 0 aliphatic heterocycles. The number of amides is 2. The normalized spacial score (nSPS) is 10.7. The van der Waals surface area contributed by atoms with Gasteiger partial charge in [0.1, 0.15) is 0 Å². The standard InChI is InChI=1S/C15H19N3OS/c1-2-3-4-10-20-13-8-7-12-11(6-5-9-17-12)14(13)18-15(16)19/h5-9H,2-4,10H2,1H3,(H3,16,18,19). The molecule has 1 aromatic carbocycles. The minimum absolute atomic E-state index is 0.545. The number of carbonyl (C=O) groups excluding carboxylic acids is 1. The van der Waals surface area contributed by atoms with E-state index in [0.29, 0.717) is 0 Å². The molecule has 0 bridgehead atoms. The van der Waals surface area contributed by atoms with E-state index in [4.69, 9.17) is 5.73 Å². The van der Waals surface area contributed by atoms with E-state index < -0.39 is 6.03 Å². The summed E-state index contributed by atoms with van der Waals surface area (Å²) in [7, 11) is 0. The van der Waals surface area contributed by atoms with Crippen molar-refractivity contribution in [3.05, 3.63) is 30.5 Å². The van der Waals surface area contributed by atoms with E-state index in [1.54, 1.807) is 18.0 Å². The van der Waals surface area contributed by atoms with E-state index in [9.17, 15) is 4.79 Å². The van der Waals surface area contributed by atoms with Gasteiger partial charge in [0.2, 0.25) is 0 Å². The largest absolute Gasteiger partial charge is 0.351 e. The van der Waals surface area contributed by atoms with Gasteiger partial charge in [0.25, 0.3) is 0 Å². The van der Waals surface area contributed by atoms with Crippen LogP contribution in [0.15, 0.2) is 35.4 Å². The molecule has 0 saturated heterocycles. The molecule has 0 radical (unpaired) electrons. The second kappa shape index (κ2) is 7.14. The van der Waals surface area contributed by atoms with Crippen LogP contribution in [0.5, 0.6) is 0 Å². The maximum absolute atomic E-state index is 11.2. The molecule has 0 aliphatic rings. The van der Waals surface area contributed by atoms with E-state index in [1.807, 2.05) is 24.3 Å². The third-order valence-electron chi connectivity index (χ3n) is 3.00. The topological polar surface area (TPSA) is 68.0 Å². The summed E-state index contributed by atoms with van der Waals surface area (Å²) in [6, 6.07) is 7.24. The number of primary amides is 1. The van der Waals surface area contributed by atoms with Gasteiger partial charge in [-0.1, -0.05) is 19.8 Å². The molecule has 0 fully saturated rings. The molecule has 1 aromatic heterocycles. The first-order valence-corrected chi connectivity index (χ1v) is 7.78. The van der Waals surface area contributed by atoms with Crippen LogP contribution in [0.1, 0.15) is 26.2 Å². The Balaban J connectivity index is 2.29. The molecule has 0 aliphatic carbocycles. The Morgan fingerprint density at radius 2 is 2.20 bits per heavy atom. The van der Waals surface area contributed by atoms with Crippen LogP contribution < -0.4 is 11.1 Å². The Bertz CT molecular complexity index is 601. The zero-order chi connectivity index (χ0) is 14.4. The van der Waals surface area contributed by atoms with Gasteiger partial charge in [0.15, 0.2) is 0 Å². The first-order chi connectivity index (χ1) is 9.72.